The van der Waals surface area contributed by atoms with E-state index in [1.54, 1.807) is 7.05 Å². The van der Waals surface area contributed by atoms with Crippen molar-refractivity contribution < 1.29 is 4.79 Å². The van der Waals surface area contributed by atoms with Crippen molar-refractivity contribution in [3.8, 4) is 0 Å². The molecule has 0 saturated carbocycles. The molecule has 0 fully saturated rings. The van der Waals surface area contributed by atoms with Crippen LogP contribution >= 0.6 is 0 Å². The van der Waals surface area contributed by atoms with Crippen LogP contribution in [0.25, 0.3) is 0 Å². The summed E-state index contributed by atoms with van der Waals surface area (Å²) in [5.74, 6) is 0.451. The van der Waals surface area contributed by atoms with Gasteiger partial charge >= 0.3 is 0 Å². The number of nitrogens with one attached hydrogen (secondary N) is 1. The molecule has 1 unspecified atom stereocenters. The first kappa shape index (κ1) is 12.8. The van der Waals surface area contributed by atoms with Crippen LogP contribution in [0.5, 0.6) is 0 Å². The van der Waals surface area contributed by atoms with Gasteiger partial charge in [-0.1, -0.05) is 25.1 Å². The molecule has 16 heavy (non-hydrogen) atoms. The van der Waals surface area contributed by atoms with Crippen molar-refractivity contribution in [2.75, 3.05) is 7.05 Å². The normalized spacial score (nSPS) is 12.2. The predicted molar refractivity (Wildman–Crippen MR) is 67.6 cm³/mol. The second kappa shape index (κ2) is 5.69. The van der Waals surface area contributed by atoms with E-state index in [1.165, 1.54) is 16.7 Å². The van der Waals surface area contributed by atoms with Gasteiger partial charge in [0.05, 0.1) is 0 Å². The molecular formula is C14H21NO. The lowest BCUT2D eigenvalue weighted by atomic mass is 9.88. The third kappa shape index (κ3) is 2.84. The topological polar surface area (TPSA) is 29.1 Å². The molecule has 1 atom stereocenters. The van der Waals surface area contributed by atoms with Crippen LogP contribution in [0, 0.1) is 13.8 Å². The van der Waals surface area contributed by atoms with Gasteiger partial charge in [0.25, 0.3) is 0 Å². The van der Waals surface area contributed by atoms with Crippen molar-refractivity contribution >= 4 is 5.91 Å². The summed E-state index contributed by atoms with van der Waals surface area (Å²) in [6.07, 6.45) is 1.58. The Labute approximate surface area is 98.1 Å². The molecule has 2 heteroatoms. The van der Waals surface area contributed by atoms with Gasteiger partial charge in [-0.3, -0.25) is 4.79 Å². The van der Waals surface area contributed by atoms with Crippen LogP contribution in [-0.4, -0.2) is 13.0 Å². The largest absolute Gasteiger partial charge is 0.359 e. The first-order valence-corrected chi connectivity index (χ1v) is 5.86. The maximum Gasteiger partial charge on any atom is 0.220 e. The van der Waals surface area contributed by atoms with Crippen LogP contribution in [0.4, 0.5) is 0 Å². The summed E-state index contributed by atoms with van der Waals surface area (Å²) in [5, 5.41) is 2.69. The molecular weight excluding hydrogens is 198 g/mol. The zero-order valence-electron chi connectivity index (χ0n) is 10.6. The maximum absolute atomic E-state index is 11.4. The van der Waals surface area contributed by atoms with Crippen molar-refractivity contribution in [3.05, 3.63) is 34.9 Å². The maximum atomic E-state index is 11.4. The van der Waals surface area contributed by atoms with E-state index >= 15 is 0 Å². The second-order valence-corrected chi connectivity index (χ2v) is 4.27. The summed E-state index contributed by atoms with van der Waals surface area (Å²) in [6, 6.07) is 6.33. The number of benzene rings is 1. The van der Waals surface area contributed by atoms with Gasteiger partial charge in [-0.15, -0.1) is 0 Å². The molecule has 0 aromatic heterocycles. The molecule has 0 aliphatic carbocycles. The molecule has 0 heterocycles. The molecule has 1 rings (SSSR count). The average Bonchev–Trinajstić information content (AvgIpc) is 2.29. The van der Waals surface area contributed by atoms with Crippen molar-refractivity contribution in [1.29, 1.82) is 0 Å². The molecule has 0 radical (unpaired) electrons. The average molecular weight is 219 g/mol. The lowest BCUT2D eigenvalue weighted by Crippen LogP contribution is -2.20. The van der Waals surface area contributed by atoms with E-state index in [9.17, 15) is 4.79 Å². The molecule has 0 bridgehead atoms. The van der Waals surface area contributed by atoms with Crippen molar-refractivity contribution in [2.45, 2.75) is 39.5 Å². The fourth-order valence-corrected chi connectivity index (χ4v) is 2.02. The summed E-state index contributed by atoms with van der Waals surface area (Å²) >= 11 is 0. The standard InChI is InChI=1S/C14H21NO/c1-5-12(9-14(16)15-4)13-8-6-7-10(2)11(13)3/h6-8,12H,5,9H2,1-4H3,(H,15,16). The molecule has 1 N–H and O–H groups in total. The number of aryl methyl sites for hydroxylation is 1. The van der Waals surface area contributed by atoms with Crippen LogP contribution in [0.2, 0.25) is 0 Å². The summed E-state index contributed by atoms with van der Waals surface area (Å²) in [5.41, 5.74) is 3.93. The van der Waals surface area contributed by atoms with Crippen molar-refractivity contribution in [2.24, 2.45) is 0 Å². The lowest BCUT2D eigenvalue weighted by Gasteiger charge is -2.18. The highest BCUT2D eigenvalue weighted by atomic mass is 16.1. The Balaban J connectivity index is 2.95. The Bertz CT molecular complexity index is 371. The molecule has 0 aliphatic rings. The summed E-state index contributed by atoms with van der Waals surface area (Å²) < 4.78 is 0. The van der Waals surface area contributed by atoms with E-state index in [0.29, 0.717) is 12.3 Å². The van der Waals surface area contributed by atoms with E-state index in [1.807, 2.05) is 0 Å². The summed E-state index contributed by atoms with van der Waals surface area (Å²) in [6.45, 7) is 6.39. The molecule has 0 aliphatic heterocycles. The van der Waals surface area contributed by atoms with Gasteiger partial charge in [0.1, 0.15) is 0 Å². The molecule has 2 nitrogen and oxygen atoms in total. The Kier molecular flexibility index (Phi) is 4.53. The number of carbonyl (C=O) groups is 1. The van der Waals surface area contributed by atoms with E-state index < -0.39 is 0 Å². The fourth-order valence-electron chi connectivity index (χ4n) is 2.02. The van der Waals surface area contributed by atoms with E-state index in [0.717, 1.165) is 6.42 Å². The number of carbonyl (C=O) groups excluding carboxylic acids is 1. The van der Waals surface area contributed by atoms with Gasteiger partial charge in [-0.2, -0.15) is 0 Å². The van der Waals surface area contributed by atoms with Crippen molar-refractivity contribution in [1.82, 2.24) is 5.32 Å². The zero-order chi connectivity index (χ0) is 12.1. The van der Waals surface area contributed by atoms with Crippen molar-refractivity contribution in [3.63, 3.8) is 0 Å². The number of hydrogen-bond acceptors (Lipinski definition) is 1. The van der Waals surface area contributed by atoms with Gasteiger partial charge in [-0.25, -0.2) is 0 Å². The number of rotatable bonds is 4. The fraction of sp³-hybridized carbons (Fsp3) is 0.500. The molecule has 88 valence electrons. The highest BCUT2D eigenvalue weighted by molar-refractivity contribution is 5.76. The van der Waals surface area contributed by atoms with Crippen LogP contribution in [0.15, 0.2) is 18.2 Å². The Morgan fingerprint density at radius 3 is 2.62 bits per heavy atom. The highest BCUT2D eigenvalue weighted by Crippen LogP contribution is 2.27. The van der Waals surface area contributed by atoms with E-state index in [2.05, 4.69) is 44.3 Å². The molecule has 1 amide bonds. The minimum atomic E-state index is 0.118. The molecule has 0 saturated heterocycles. The van der Waals surface area contributed by atoms with Gasteiger partial charge in [0.15, 0.2) is 0 Å². The van der Waals surface area contributed by atoms with Gasteiger partial charge < -0.3 is 5.32 Å². The summed E-state index contributed by atoms with van der Waals surface area (Å²) in [7, 11) is 1.69. The third-order valence-corrected chi connectivity index (χ3v) is 3.29. The minimum absolute atomic E-state index is 0.118. The van der Waals surface area contributed by atoms with E-state index in [4.69, 9.17) is 0 Å². The monoisotopic (exact) mass is 219 g/mol. The second-order valence-electron chi connectivity index (χ2n) is 4.27. The van der Waals surface area contributed by atoms with Gasteiger partial charge in [0, 0.05) is 13.5 Å². The Morgan fingerprint density at radius 2 is 2.06 bits per heavy atom. The number of amides is 1. The van der Waals surface area contributed by atoms with E-state index in [-0.39, 0.29) is 5.91 Å². The third-order valence-electron chi connectivity index (χ3n) is 3.29. The van der Waals surface area contributed by atoms with Crippen LogP contribution in [-0.2, 0) is 4.79 Å². The quantitative estimate of drug-likeness (QED) is 0.828. The van der Waals surface area contributed by atoms with Crippen LogP contribution < -0.4 is 5.32 Å². The highest BCUT2D eigenvalue weighted by Gasteiger charge is 2.15. The van der Waals surface area contributed by atoms with Gasteiger partial charge in [0.2, 0.25) is 5.91 Å². The number of hydrogen-bond donors (Lipinski definition) is 1. The predicted octanol–water partition coefficient (Wildman–Crippen LogP) is 2.93. The first-order chi connectivity index (χ1) is 7.60. The smallest absolute Gasteiger partial charge is 0.220 e. The van der Waals surface area contributed by atoms with Gasteiger partial charge in [-0.05, 0) is 42.9 Å². The van der Waals surface area contributed by atoms with Crippen LogP contribution in [0.3, 0.4) is 0 Å². The van der Waals surface area contributed by atoms with Crippen LogP contribution in [0.1, 0.15) is 42.4 Å². The molecule has 1 aromatic rings. The molecule has 0 spiro atoms. The zero-order valence-corrected chi connectivity index (χ0v) is 10.6. The first-order valence-electron chi connectivity index (χ1n) is 5.86. The lowest BCUT2D eigenvalue weighted by molar-refractivity contribution is -0.121. The summed E-state index contributed by atoms with van der Waals surface area (Å²) in [4.78, 5) is 11.4. The molecule has 1 aromatic carbocycles. The Hall–Kier alpha value is -1.31. The minimum Gasteiger partial charge on any atom is -0.359 e. The SMILES string of the molecule is CCC(CC(=O)NC)c1cccc(C)c1C. The Morgan fingerprint density at radius 1 is 1.38 bits per heavy atom.